The molecule has 0 aromatic heterocycles. The number of nitrogens with zero attached hydrogens (tertiary/aromatic N) is 1. The van der Waals surface area contributed by atoms with Crippen LogP contribution in [0.1, 0.15) is 17.3 Å². The SMILES string of the molecule is CC=NCC(=O)c1ccccc1. The Morgan fingerprint density at radius 3 is 2.67 bits per heavy atom. The number of carbonyl (C=O) groups is 1. The van der Waals surface area contributed by atoms with Crippen molar-refractivity contribution in [1.29, 1.82) is 0 Å². The molecule has 1 aromatic rings. The molecule has 0 bridgehead atoms. The van der Waals surface area contributed by atoms with Gasteiger partial charge in [0, 0.05) is 5.56 Å². The molecule has 0 heterocycles. The number of hydrogen-bond donors (Lipinski definition) is 0. The van der Waals surface area contributed by atoms with Gasteiger partial charge in [-0.1, -0.05) is 30.3 Å². The van der Waals surface area contributed by atoms with Crippen molar-refractivity contribution in [1.82, 2.24) is 0 Å². The maximum Gasteiger partial charge on any atom is 0.184 e. The van der Waals surface area contributed by atoms with Crippen molar-refractivity contribution >= 4 is 12.0 Å². The van der Waals surface area contributed by atoms with Crippen LogP contribution in [-0.2, 0) is 0 Å². The number of aliphatic imine (C=N–C) groups is 1. The summed E-state index contributed by atoms with van der Waals surface area (Å²) in [7, 11) is 0. The first-order valence-electron chi connectivity index (χ1n) is 3.87. The molecule has 0 radical (unpaired) electrons. The average Bonchev–Trinajstić information content (AvgIpc) is 2.15. The van der Waals surface area contributed by atoms with Crippen LogP contribution in [0.4, 0.5) is 0 Å². The van der Waals surface area contributed by atoms with Gasteiger partial charge in [-0.15, -0.1) is 0 Å². The van der Waals surface area contributed by atoms with Crippen molar-refractivity contribution in [2.45, 2.75) is 6.92 Å². The predicted molar refractivity (Wildman–Crippen MR) is 49.8 cm³/mol. The highest BCUT2D eigenvalue weighted by Gasteiger charge is 2.01. The van der Waals surface area contributed by atoms with Gasteiger partial charge in [0.1, 0.15) is 6.54 Å². The predicted octanol–water partition coefficient (Wildman–Crippen LogP) is 1.96. The minimum atomic E-state index is 0.0636. The van der Waals surface area contributed by atoms with Gasteiger partial charge in [0.25, 0.3) is 0 Å². The van der Waals surface area contributed by atoms with Crippen LogP contribution in [0.5, 0.6) is 0 Å². The highest BCUT2D eigenvalue weighted by atomic mass is 16.1. The number of rotatable bonds is 3. The molecule has 0 aliphatic rings. The molecule has 2 heteroatoms. The van der Waals surface area contributed by atoms with Gasteiger partial charge in [-0.3, -0.25) is 9.79 Å². The molecule has 0 atom stereocenters. The van der Waals surface area contributed by atoms with Crippen LogP contribution in [0, 0.1) is 0 Å². The smallest absolute Gasteiger partial charge is 0.184 e. The maximum atomic E-state index is 11.3. The molecule has 0 saturated carbocycles. The molecule has 0 unspecified atom stereocenters. The lowest BCUT2D eigenvalue weighted by Gasteiger charge is -1.94. The van der Waals surface area contributed by atoms with Crippen LogP contribution in [-0.4, -0.2) is 18.5 Å². The Hall–Kier alpha value is -1.44. The van der Waals surface area contributed by atoms with Crippen LogP contribution in [0.2, 0.25) is 0 Å². The Labute approximate surface area is 71.9 Å². The first kappa shape index (κ1) is 8.65. The standard InChI is InChI=1S/C10H11NO/c1-2-11-8-10(12)9-6-4-3-5-7-9/h2-7H,8H2,1H3. The molecule has 62 valence electrons. The van der Waals surface area contributed by atoms with E-state index in [4.69, 9.17) is 0 Å². The lowest BCUT2D eigenvalue weighted by Crippen LogP contribution is -2.02. The van der Waals surface area contributed by atoms with E-state index in [0.717, 1.165) is 5.56 Å². The second-order valence-corrected chi connectivity index (χ2v) is 2.39. The number of ketones is 1. The van der Waals surface area contributed by atoms with E-state index in [-0.39, 0.29) is 12.3 Å². The van der Waals surface area contributed by atoms with Crippen LogP contribution in [0.25, 0.3) is 0 Å². The molecule has 2 nitrogen and oxygen atoms in total. The first-order valence-corrected chi connectivity index (χ1v) is 3.87. The van der Waals surface area contributed by atoms with Crippen molar-refractivity contribution in [3.63, 3.8) is 0 Å². The molecule has 0 saturated heterocycles. The molecule has 0 aliphatic carbocycles. The highest BCUT2D eigenvalue weighted by molar-refractivity contribution is 5.98. The fourth-order valence-corrected chi connectivity index (χ4v) is 0.890. The second kappa shape index (κ2) is 4.44. The minimum Gasteiger partial charge on any atom is -0.292 e. The summed E-state index contributed by atoms with van der Waals surface area (Å²) in [6, 6.07) is 9.19. The lowest BCUT2D eigenvalue weighted by atomic mass is 10.1. The zero-order valence-corrected chi connectivity index (χ0v) is 7.03. The van der Waals surface area contributed by atoms with E-state index in [9.17, 15) is 4.79 Å². The third kappa shape index (κ3) is 2.31. The van der Waals surface area contributed by atoms with Crippen molar-refractivity contribution in [3.05, 3.63) is 35.9 Å². The van der Waals surface area contributed by atoms with E-state index in [1.54, 1.807) is 25.3 Å². The van der Waals surface area contributed by atoms with Gasteiger partial charge in [-0.05, 0) is 13.1 Å². The molecule has 0 amide bonds. The molecule has 0 aliphatic heterocycles. The molecular weight excluding hydrogens is 150 g/mol. The molecular formula is C10H11NO. The minimum absolute atomic E-state index is 0.0636. The van der Waals surface area contributed by atoms with E-state index in [1.165, 1.54) is 0 Å². The van der Waals surface area contributed by atoms with Gasteiger partial charge in [-0.25, -0.2) is 0 Å². The van der Waals surface area contributed by atoms with Crippen LogP contribution in [0.3, 0.4) is 0 Å². The zero-order chi connectivity index (χ0) is 8.81. The summed E-state index contributed by atoms with van der Waals surface area (Å²) in [6.07, 6.45) is 1.64. The van der Waals surface area contributed by atoms with Gasteiger partial charge >= 0.3 is 0 Å². The monoisotopic (exact) mass is 161 g/mol. The van der Waals surface area contributed by atoms with Crippen molar-refractivity contribution in [3.8, 4) is 0 Å². The lowest BCUT2D eigenvalue weighted by molar-refractivity contribution is 0.100. The maximum absolute atomic E-state index is 11.3. The molecule has 12 heavy (non-hydrogen) atoms. The van der Waals surface area contributed by atoms with Gasteiger partial charge in [0.15, 0.2) is 5.78 Å². The Morgan fingerprint density at radius 2 is 2.08 bits per heavy atom. The Bertz CT molecular complexity index is 277. The van der Waals surface area contributed by atoms with E-state index < -0.39 is 0 Å². The van der Waals surface area contributed by atoms with Gasteiger partial charge in [0.05, 0.1) is 0 Å². The Balaban J connectivity index is 2.66. The molecule has 0 N–H and O–H groups in total. The Kier molecular flexibility index (Phi) is 3.20. The van der Waals surface area contributed by atoms with Crippen LogP contribution in [0.15, 0.2) is 35.3 Å². The topological polar surface area (TPSA) is 29.4 Å². The van der Waals surface area contributed by atoms with Gasteiger partial charge < -0.3 is 0 Å². The fraction of sp³-hybridized carbons (Fsp3) is 0.200. The summed E-state index contributed by atoms with van der Waals surface area (Å²) in [5.41, 5.74) is 0.725. The molecule has 1 rings (SSSR count). The molecule has 0 spiro atoms. The highest BCUT2D eigenvalue weighted by Crippen LogP contribution is 1.99. The van der Waals surface area contributed by atoms with Crippen LogP contribution >= 0.6 is 0 Å². The summed E-state index contributed by atoms with van der Waals surface area (Å²) >= 11 is 0. The molecule has 0 fully saturated rings. The summed E-state index contributed by atoms with van der Waals surface area (Å²) in [4.78, 5) is 15.2. The van der Waals surface area contributed by atoms with E-state index in [1.807, 2.05) is 18.2 Å². The summed E-state index contributed by atoms with van der Waals surface area (Å²) in [6.45, 7) is 2.05. The molecule has 1 aromatic carbocycles. The third-order valence-corrected chi connectivity index (χ3v) is 1.51. The fourth-order valence-electron chi connectivity index (χ4n) is 0.890. The average molecular weight is 161 g/mol. The summed E-state index contributed by atoms with van der Waals surface area (Å²) in [5.74, 6) is 0.0636. The van der Waals surface area contributed by atoms with Crippen LogP contribution < -0.4 is 0 Å². The normalized spacial score (nSPS) is 10.4. The number of hydrogen-bond acceptors (Lipinski definition) is 2. The zero-order valence-electron chi connectivity index (χ0n) is 7.03. The number of benzene rings is 1. The van der Waals surface area contributed by atoms with Gasteiger partial charge in [-0.2, -0.15) is 0 Å². The Morgan fingerprint density at radius 1 is 1.42 bits per heavy atom. The number of Topliss-reactive ketones (excluding diaryl/α,β-unsaturated/α-hetero) is 1. The van der Waals surface area contributed by atoms with Crippen molar-refractivity contribution in [2.75, 3.05) is 6.54 Å². The largest absolute Gasteiger partial charge is 0.292 e. The number of carbonyl (C=O) groups excluding carboxylic acids is 1. The second-order valence-electron chi connectivity index (χ2n) is 2.39. The van der Waals surface area contributed by atoms with Crippen molar-refractivity contribution < 1.29 is 4.79 Å². The first-order chi connectivity index (χ1) is 5.84. The summed E-state index contributed by atoms with van der Waals surface area (Å²) < 4.78 is 0. The summed E-state index contributed by atoms with van der Waals surface area (Å²) in [5, 5.41) is 0. The van der Waals surface area contributed by atoms with Gasteiger partial charge in [0.2, 0.25) is 0 Å². The van der Waals surface area contributed by atoms with E-state index >= 15 is 0 Å². The van der Waals surface area contributed by atoms with E-state index in [0.29, 0.717) is 0 Å². The van der Waals surface area contributed by atoms with E-state index in [2.05, 4.69) is 4.99 Å². The third-order valence-electron chi connectivity index (χ3n) is 1.51. The quantitative estimate of drug-likeness (QED) is 0.492. The van der Waals surface area contributed by atoms with Crippen molar-refractivity contribution in [2.24, 2.45) is 4.99 Å².